The van der Waals surface area contributed by atoms with Crippen LogP contribution in [0.15, 0.2) is 53.6 Å². The van der Waals surface area contributed by atoms with Crippen molar-refractivity contribution in [2.24, 2.45) is 10.9 Å². The Balaban J connectivity index is 2.10. The second-order valence-electron chi connectivity index (χ2n) is 7.05. The van der Waals surface area contributed by atoms with Gasteiger partial charge < -0.3 is 31.3 Å². The van der Waals surface area contributed by atoms with Crippen LogP contribution >= 0.6 is 0 Å². The highest BCUT2D eigenvalue weighted by atomic mass is 16.5. The van der Waals surface area contributed by atoms with E-state index in [1.165, 1.54) is 20.2 Å². The number of hydrazone groups is 1. The highest BCUT2D eigenvalue weighted by molar-refractivity contribution is 5.92. The number of nitrogens with two attached hydrogens (primary N) is 1. The summed E-state index contributed by atoms with van der Waals surface area (Å²) in [5.41, 5.74) is 1.96. The summed E-state index contributed by atoms with van der Waals surface area (Å²) in [5, 5.41) is 11.5. The number of carbonyl (C=O) groups is 3. The average Bonchev–Trinajstić information content (AvgIpc) is 2.81. The molecule has 2 rings (SSSR count). The number of carbonyl (C=O) groups excluding carboxylic acids is 3. The molecular weight excluding hydrogens is 426 g/mol. The second kappa shape index (κ2) is 12.7. The lowest BCUT2D eigenvalue weighted by Gasteiger charge is -2.21. The van der Waals surface area contributed by atoms with Crippen molar-refractivity contribution in [3.63, 3.8) is 0 Å². The lowest BCUT2D eigenvalue weighted by Crippen LogP contribution is -2.45. The normalized spacial score (nSPS) is 12.5. The molecule has 2 aromatic rings. The van der Waals surface area contributed by atoms with Gasteiger partial charge in [0.25, 0.3) is 0 Å². The molecule has 2 unspecified atom stereocenters. The summed E-state index contributed by atoms with van der Waals surface area (Å²) in [5.74, 6) is 3.94. The van der Waals surface area contributed by atoms with Crippen LogP contribution in [-0.2, 0) is 14.3 Å². The number of amides is 3. The number of hydrogen-bond acceptors (Lipinski definition) is 7. The van der Waals surface area contributed by atoms with E-state index in [1.54, 1.807) is 55.5 Å². The van der Waals surface area contributed by atoms with Crippen molar-refractivity contribution >= 4 is 29.8 Å². The minimum atomic E-state index is -0.838. The molecular formula is C23H29N5O5. The van der Waals surface area contributed by atoms with Crippen molar-refractivity contribution in [1.82, 2.24) is 10.6 Å². The molecule has 0 saturated heterocycles. The third kappa shape index (κ3) is 7.84. The van der Waals surface area contributed by atoms with Crippen LogP contribution in [0.3, 0.4) is 0 Å². The Labute approximate surface area is 192 Å². The number of nitrogens with zero attached hydrogens (tertiary/aromatic N) is 1. The molecule has 3 amide bonds. The predicted octanol–water partition coefficient (Wildman–Crippen LogP) is 1.96. The lowest BCUT2D eigenvalue weighted by molar-refractivity contribution is -0.147. The first-order chi connectivity index (χ1) is 15.9. The number of hydrogen-bond donors (Lipinski definition) is 4. The van der Waals surface area contributed by atoms with Gasteiger partial charge in [-0.2, -0.15) is 5.10 Å². The van der Waals surface area contributed by atoms with Crippen LogP contribution in [-0.4, -0.2) is 50.4 Å². The Morgan fingerprint density at radius 2 is 1.88 bits per heavy atom. The van der Waals surface area contributed by atoms with E-state index < -0.39 is 29.9 Å². The zero-order valence-corrected chi connectivity index (χ0v) is 18.8. The molecule has 10 heteroatoms. The predicted molar refractivity (Wildman–Crippen MR) is 125 cm³/mol. The number of rotatable bonds is 10. The van der Waals surface area contributed by atoms with Gasteiger partial charge in [-0.1, -0.05) is 24.3 Å². The van der Waals surface area contributed by atoms with Crippen molar-refractivity contribution in [3.05, 3.63) is 59.7 Å². The maximum absolute atomic E-state index is 13.0. The van der Waals surface area contributed by atoms with E-state index in [4.69, 9.17) is 15.3 Å². The summed E-state index contributed by atoms with van der Waals surface area (Å²) in [7, 11) is 1.52. The largest absolute Gasteiger partial charge is 0.497 e. The Hall–Kier alpha value is -4.08. The van der Waals surface area contributed by atoms with E-state index in [9.17, 15) is 14.4 Å². The number of benzene rings is 2. The van der Waals surface area contributed by atoms with Gasteiger partial charge in [0, 0.05) is 12.2 Å². The Morgan fingerprint density at radius 3 is 2.52 bits per heavy atom. The SMILES string of the molecule is CCOC(=O)C(C)NC(=O)C(CNC(=O)Nc1ccc(C=NN)cc1)c1cccc(OC)c1. The Bertz CT molecular complexity index is 977. The third-order valence-corrected chi connectivity index (χ3v) is 4.67. The highest BCUT2D eigenvalue weighted by Crippen LogP contribution is 2.21. The fourth-order valence-electron chi connectivity index (χ4n) is 2.97. The molecule has 0 aliphatic carbocycles. The van der Waals surface area contributed by atoms with Crippen LogP contribution in [0.4, 0.5) is 10.5 Å². The first-order valence-corrected chi connectivity index (χ1v) is 10.4. The van der Waals surface area contributed by atoms with Crippen molar-refractivity contribution in [2.45, 2.75) is 25.8 Å². The molecule has 0 aliphatic heterocycles. The number of nitrogens with one attached hydrogen (secondary N) is 3. The van der Waals surface area contributed by atoms with Gasteiger partial charge in [-0.15, -0.1) is 0 Å². The molecule has 0 heterocycles. The monoisotopic (exact) mass is 455 g/mol. The molecule has 2 aromatic carbocycles. The van der Waals surface area contributed by atoms with Crippen molar-refractivity contribution in [1.29, 1.82) is 0 Å². The average molecular weight is 456 g/mol. The summed E-state index contributed by atoms with van der Waals surface area (Å²) in [4.78, 5) is 37.3. The smallest absolute Gasteiger partial charge is 0.328 e. The van der Waals surface area contributed by atoms with E-state index in [1.807, 2.05) is 0 Å². The van der Waals surface area contributed by atoms with Crippen molar-refractivity contribution in [2.75, 3.05) is 25.6 Å². The van der Waals surface area contributed by atoms with Gasteiger partial charge in [-0.25, -0.2) is 9.59 Å². The molecule has 0 spiro atoms. The molecule has 0 aromatic heterocycles. The summed E-state index contributed by atoms with van der Waals surface area (Å²) < 4.78 is 10.2. The molecule has 10 nitrogen and oxygen atoms in total. The summed E-state index contributed by atoms with van der Waals surface area (Å²) >= 11 is 0. The van der Waals surface area contributed by atoms with Crippen LogP contribution in [0.5, 0.6) is 5.75 Å². The van der Waals surface area contributed by atoms with E-state index in [2.05, 4.69) is 21.1 Å². The number of anilines is 1. The molecule has 0 aliphatic rings. The van der Waals surface area contributed by atoms with Gasteiger partial charge in [-0.05, 0) is 49.2 Å². The zero-order chi connectivity index (χ0) is 24.2. The van der Waals surface area contributed by atoms with Crippen LogP contribution in [0.1, 0.15) is 30.9 Å². The second-order valence-corrected chi connectivity index (χ2v) is 7.05. The fraction of sp³-hybridized carbons (Fsp3) is 0.304. The fourth-order valence-corrected chi connectivity index (χ4v) is 2.97. The highest BCUT2D eigenvalue weighted by Gasteiger charge is 2.26. The maximum atomic E-state index is 13.0. The van der Waals surface area contributed by atoms with Gasteiger partial charge in [-0.3, -0.25) is 4.79 Å². The van der Waals surface area contributed by atoms with Crippen LogP contribution in [0.2, 0.25) is 0 Å². The molecule has 5 N–H and O–H groups in total. The van der Waals surface area contributed by atoms with Gasteiger partial charge in [0.2, 0.25) is 5.91 Å². The first-order valence-electron chi connectivity index (χ1n) is 10.4. The standard InChI is InChI=1S/C23H29N5O5/c1-4-33-22(30)15(2)27-21(29)20(17-6-5-7-19(12-17)32-3)14-25-23(31)28-18-10-8-16(9-11-18)13-26-24/h5-13,15,20H,4,14,24H2,1-3H3,(H,27,29)(H2,25,28,31). The van der Waals surface area contributed by atoms with E-state index in [-0.39, 0.29) is 13.2 Å². The molecule has 0 saturated carbocycles. The summed E-state index contributed by atoms with van der Waals surface area (Å²) in [6, 6.07) is 12.5. The van der Waals surface area contributed by atoms with E-state index in [0.29, 0.717) is 17.0 Å². The van der Waals surface area contributed by atoms with E-state index in [0.717, 1.165) is 5.56 Å². The lowest BCUT2D eigenvalue weighted by atomic mass is 9.97. The molecule has 0 radical (unpaired) electrons. The number of urea groups is 1. The number of methoxy groups -OCH3 is 1. The van der Waals surface area contributed by atoms with Crippen molar-refractivity contribution in [3.8, 4) is 5.75 Å². The Kier molecular flexibility index (Phi) is 9.69. The third-order valence-electron chi connectivity index (χ3n) is 4.67. The number of esters is 1. The van der Waals surface area contributed by atoms with Crippen LogP contribution in [0, 0.1) is 0 Å². The van der Waals surface area contributed by atoms with Crippen LogP contribution < -0.4 is 26.5 Å². The molecule has 176 valence electrons. The first kappa shape index (κ1) is 25.2. The van der Waals surface area contributed by atoms with Crippen LogP contribution in [0.25, 0.3) is 0 Å². The summed E-state index contributed by atoms with van der Waals surface area (Å²) in [6.45, 7) is 3.42. The molecule has 33 heavy (non-hydrogen) atoms. The summed E-state index contributed by atoms with van der Waals surface area (Å²) in [6.07, 6.45) is 1.48. The van der Waals surface area contributed by atoms with Gasteiger partial charge in [0.05, 0.1) is 25.8 Å². The topological polar surface area (TPSA) is 144 Å². The zero-order valence-electron chi connectivity index (χ0n) is 18.8. The number of ether oxygens (including phenoxy) is 2. The maximum Gasteiger partial charge on any atom is 0.328 e. The quantitative estimate of drug-likeness (QED) is 0.187. The Morgan fingerprint density at radius 1 is 1.15 bits per heavy atom. The van der Waals surface area contributed by atoms with Gasteiger partial charge in [0.15, 0.2) is 0 Å². The molecule has 0 fully saturated rings. The molecule has 2 atom stereocenters. The van der Waals surface area contributed by atoms with E-state index >= 15 is 0 Å². The van der Waals surface area contributed by atoms with Gasteiger partial charge >= 0.3 is 12.0 Å². The minimum absolute atomic E-state index is 0.0156. The van der Waals surface area contributed by atoms with Crippen molar-refractivity contribution < 1.29 is 23.9 Å². The minimum Gasteiger partial charge on any atom is -0.497 e. The molecule has 0 bridgehead atoms. The van der Waals surface area contributed by atoms with Gasteiger partial charge in [0.1, 0.15) is 11.8 Å².